The molecule has 25 heavy (non-hydrogen) atoms. The molecule has 2 aromatic carbocycles. The van der Waals surface area contributed by atoms with E-state index in [2.05, 4.69) is 10.6 Å². The smallest absolute Gasteiger partial charge is 0.225 e. The lowest BCUT2D eigenvalue weighted by atomic mass is 10.1. The van der Waals surface area contributed by atoms with Gasteiger partial charge in [0, 0.05) is 18.2 Å². The number of amides is 1. The topological polar surface area (TPSA) is 50.4 Å². The van der Waals surface area contributed by atoms with Crippen molar-refractivity contribution in [1.29, 1.82) is 0 Å². The lowest BCUT2D eigenvalue weighted by molar-refractivity contribution is -0.116. The Morgan fingerprint density at radius 2 is 2.20 bits per heavy atom. The van der Waals surface area contributed by atoms with Crippen molar-refractivity contribution in [3.63, 3.8) is 0 Å². The van der Waals surface area contributed by atoms with E-state index in [1.807, 2.05) is 31.2 Å². The molecule has 3 rings (SSSR count). The van der Waals surface area contributed by atoms with Crippen molar-refractivity contribution in [2.24, 2.45) is 0 Å². The van der Waals surface area contributed by atoms with Gasteiger partial charge in [0.25, 0.3) is 0 Å². The third kappa shape index (κ3) is 5.03. The van der Waals surface area contributed by atoms with Crippen LogP contribution in [0.5, 0.6) is 5.75 Å². The van der Waals surface area contributed by atoms with Crippen LogP contribution in [-0.2, 0) is 11.4 Å². The third-order valence-corrected chi connectivity index (χ3v) is 4.36. The molecule has 0 aromatic heterocycles. The van der Waals surface area contributed by atoms with Crippen molar-refractivity contribution in [3.8, 4) is 5.75 Å². The van der Waals surface area contributed by atoms with Crippen LogP contribution in [0.1, 0.15) is 30.4 Å². The molecule has 2 N–H and O–H groups in total. The number of hydrogen-bond donors (Lipinski definition) is 2. The molecule has 5 heteroatoms. The molecular weight excluding hydrogens is 319 g/mol. The molecule has 0 bridgehead atoms. The number of ether oxygens (including phenoxy) is 1. The number of benzene rings is 2. The Hall–Kier alpha value is -2.40. The average molecular weight is 342 g/mol. The fourth-order valence-corrected chi connectivity index (χ4v) is 3.02. The highest BCUT2D eigenvalue weighted by Gasteiger charge is 2.18. The van der Waals surface area contributed by atoms with E-state index >= 15 is 0 Å². The Balaban J connectivity index is 1.55. The van der Waals surface area contributed by atoms with Crippen LogP contribution in [0.3, 0.4) is 0 Å². The number of halogens is 1. The quantitative estimate of drug-likeness (QED) is 0.840. The summed E-state index contributed by atoms with van der Waals surface area (Å²) >= 11 is 0. The first kappa shape index (κ1) is 17.4. The number of carbonyl (C=O) groups excluding carboxylic acids is 1. The second kappa shape index (κ2) is 8.12. The van der Waals surface area contributed by atoms with E-state index in [4.69, 9.17) is 4.74 Å². The average Bonchev–Trinajstić information content (AvgIpc) is 3.08. The maximum atomic E-state index is 13.2. The summed E-state index contributed by atoms with van der Waals surface area (Å²) in [4.78, 5) is 12.1. The van der Waals surface area contributed by atoms with Crippen molar-refractivity contribution in [1.82, 2.24) is 5.32 Å². The van der Waals surface area contributed by atoms with Gasteiger partial charge in [-0.25, -0.2) is 4.39 Å². The molecular formula is C20H23FN2O2. The number of aryl methyl sites for hydroxylation is 1. The summed E-state index contributed by atoms with van der Waals surface area (Å²) in [6.07, 6.45) is 2.69. The van der Waals surface area contributed by atoms with Crippen LogP contribution in [0, 0.1) is 12.7 Å². The first-order chi connectivity index (χ1) is 12.1. The first-order valence-corrected chi connectivity index (χ1v) is 8.61. The van der Waals surface area contributed by atoms with E-state index in [1.165, 1.54) is 12.1 Å². The fraction of sp³-hybridized carbons (Fsp3) is 0.350. The molecule has 1 unspecified atom stereocenters. The van der Waals surface area contributed by atoms with Gasteiger partial charge in [-0.1, -0.05) is 12.1 Å². The summed E-state index contributed by atoms with van der Waals surface area (Å²) in [7, 11) is 0. The second-order valence-corrected chi connectivity index (χ2v) is 6.44. The van der Waals surface area contributed by atoms with Crippen LogP contribution in [-0.4, -0.2) is 18.5 Å². The molecule has 1 amide bonds. The summed E-state index contributed by atoms with van der Waals surface area (Å²) < 4.78 is 18.9. The minimum atomic E-state index is -0.271. The van der Waals surface area contributed by atoms with E-state index in [-0.39, 0.29) is 17.8 Å². The van der Waals surface area contributed by atoms with Gasteiger partial charge in [0.15, 0.2) is 0 Å². The monoisotopic (exact) mass is 342 g/mol. The van der Waals surface area contributed by atoms with Crippen LogP contribution in [0.25, 0.3) is 0 Å². The molecule has 0 aliphatic carbocycles. The van der Waals surface area contributed by atoms with Gasteiger partial charge in [-0.05, 0) is 67.8 Å². The number of hydrogen-bond acceptors (Lipinski definition) is 3. The number of anilines is 1. The van der Waals surface area contributed by atoms with Gasteiger partial charge in [-0.15, -0.1) is 0 Å². The van der Waals surface area contributed by atoms with Crippen LogP contribution in [0.4, 0.5) is 10.1 Å². The van der Waals surface area contributed by atoms with Crippen molar-refractivity contribution >= 4 is 11.6 Å². The van der Waals surface area contributed by atoms with Crippen molar-refractivity contribution in [2.45, 2.75) is 38.8 Å². The minimum Gasteiger partial charge on any atom is -0.489 e. The predicted octanol–water partition coefficient (Wildman–Crippen LogP) is 3.79. The molecule has 132 valence electrons. The Morgan fingerprint density at radius 1 is 1.32 bits per heavy atom. The highest BCUT2D eigenvalue weighted by Crippen LogP contribution is 2.23. The summed E-state index contributed by atoms with van der Waals surface area (Å²) in [5.41, 5.74) is 2.50. The number of carbonyl (C=O) groups is 1. The molecule has 1 aliphatic rings. The molecule has 1 heterocycles. The Kier molecular flexibility index (Phi) is 5.66. The fourth-order valence-electron chi connectivity index (χ4n) is 3.02. The lowest BCUT2D eigenvalue weighted by Crippen LogP contribution is -2.27. The van der Waals surface area contributed by atoms with Crippen LogP contribution >= 0.6 is 0 Å². The van der Waals surface area contributed by atoms with Gasteiger partial charge in [0.1, 0.15) is 18.2 Å². The molecule has 1 aliphatic heterocycles. The van der Waals surface area contributed by atoms with Gasteiger partial charge in [0.05, 0.1) is 0 Å². The summed E-state index contributed by atoms with van der Waals surface area (Å²) in [5, 5.41) is 6.29. The van der Waals surface area contributed by atoms with Crippen molar-refractivity contribution in [2.75, 3.05) is 11.9 Å². The Morgan fingerprint density at radius 3 is 2.92 bits per heavy atom. The predicted molar refractivity (Wildman–Crippen MR) is 96.2 cm³/mol. The van der Waals surface area contributed by atoms with Crippen molar-refractivity contribution < 1.29 is 13.9 Å². The normalized spacial score (nSPS) is 16.6. The van der Waals surface area contributed by atoms with E-state index in [9.17, 15) is 9.18 Å². The maximum absolute atomic E-state index is 13.2. The van der Waals surface area contributed by atoms with E-state index < -0.39 is 0 Å². The van der Waals surface area contributed by atoms with Gasteiger partial charge >= 0.3 is 0 Å². The molecule has 0 saturated carbocycles. The van der Waals surface area contributed by atoms with Gasteiger partial charge in [-0.2, -0.15) is 0 Å². The maximum Gasteiger partial charge on any atom is 0.225 e. The standard InChI is InChI=1S/C20H23FN2O2/c1-14-10-18(25-13-15-4-2-5-16(21)11-15)7-8-19(14)23-20(24)12-17-6-3-9-22-17/h2,4-5,7-8,10-11,17,22H,3,6,9,12-13H2,1H3,(H,23,24). The zero-order valence-electron chi connectivity index (χ0n) is 14.3. The van der Waals surface area contributed by atoms with Gasteiger partial charge in [-0.3, -0.25) is 4.79 Å². The summed E-state index contributed by atoms with van der Waals surface area (Å²) in [6.45, 7) is 3.23. The molecule has 1 fully saturated rings. The molecule has 1 saturated heterocycles. The second-order valence-electron chi connectivity index (χ2n) is 6.44. The van der Waals surface area contributed by atoms with E-state index in [0.717, 1.165) is 36.2 Å². The van der Waals surface area contributed by atoms with E-state index in [1.54, 1.807) is 6.07 Å². The van der Waals surface area contributed by atoms with Crippen LogP contribution < -0.4 is 15.4 Å². The zero-order chi connectivity index (χ0) is 17.6. The summed E-state index contributed by atoms with van der Waals surface area (Å²) in [6, 6.07) is 12.2. The van der Waals surface area contributed by atoms with Gasteiger partial charge in [0.2, 0.25) is 5.91 Å². The molecule has 0 radical (unpaired) electrons. The largest absolute Gasteiger partial charge is 0.489 e. The Bertz CT molecular complexity index is 742. The molecule has 4 nitrogen and oxygen atoms in total. The van der Waals surface area contributed by atoms with Crippen molar-refractivity contribution in [3.05, 3.63) is 59.4 Å². The SMILES string of the molecule is Cc1cc(OCc2cccc(F)c2)ccc1NC(=O)CC1CCCN1. The number of nitrogens with one attached hydrogen (secondary N) is 2. The van der Waals surface area contributed by atoms with Crippen LogP contribution in [0.15, 0.2) is 42.5 Å². The first-order valence-electron chi connectivity index (χ1n) is 8.61. The van der Waals surface area contributed by atoms with Crippen LogP contribution in [0.2, 0.25) is 0 Å². The molecule has 0 spiro atoms. The minimum absolute atomic E-state index is 0.0240. The third-order valence-electron chi connectivity index (χ3n) is 4.36. The Labute approximate surface area is 147 Å². The van der Waals surface area contributed by atoms with E-state index in [0.29, 0.717) is 18.8 Å². The zero-order valence-corrected chi connectivity index (χ0v) is 14.3. The lowest BCUT2D eigenvalue weighted by Gasteiger charge is -2.13. The molecule has 1 atom stereocenters. The molecule has 2 aromatic rings. The summed E-state index contributed by atoms with van der Waals surface area (Å²) in [5.74, 6) is 0.445. The highest BCUT2D eigenvalue weighted by molar-refractivity contribution is 5.92. The number of rotatable bonds is 6. The highest BCUT2D eigenvalue weighted by atomic mass is 19.1. The van der Waals surface area contributed by atoms with Gasteiger partial charge < -0.3 is 15.4 Å².